The second-order valence-electron chi connectivity index (χ2n) is 4.06. The van der Waals surface area contributed by atoms with Gasteiger partial charge in [-0.2, -0.15) is 11.8 Å². The summed E-state index contributed by atoms with van der Waals surface area (Å²) in [6, 6.07) is 0. The number of hydrogen-bond acceptors (Lipinski definition) is 3. The van der Waals surface area contributed by atoms with Gasteiger partial charge in [0.25, 0.3) is 0 Å². The summed E-state index contributed by atoms with van der Waals surface area (Å²) in [5, 5.41) is 3.36. The van der Waals surface area contributed by atoms with Crippen molar-refractivity contribution in [2.45, 2.75) is 32.6 Å². The van der Waals surface area contributed by atoms with Crippen molar-refractivity contribution >= 4 is 11.8 Å². The molecule has 0 saturated heterocycles. The molecule has 0 aromatic carbocycles. The van der Waals surface area contributed by atoms with Crippen LogP contribution >= 0.6 is 11.8 Å². The van der Waals surface area contributed by atoms with Crippen molar-refractivity contribution in [3.63, 3.8) is 0 Å². The van der Waals surface area contributed by atoms with Crippen LogP contribution in [0.5, 0.6) is 0 Å². The number of nitrogens with zero attached hydrogens (tertiary/aromatic N) is 1. The predicted octanol–water partition coefficient (Wildman–Crippen LogP) is 2.45. The van der Waals surface area contributed by atoms with Crippen LogP contribution in [0.15, 0.2) is 0 Å². The van der Waals surface area contributed by atoms with Crippen molar-refractivity contribution in [3.8, 4) is 0 Å². The summed E-state index contributed by atoms with van der Waals surface area (Å²) in [7, 11) is 2.23. The SMILES string of the molecule is CCNCCCCCCN(C)CCSC. The Morgan fingerprint density at radius 3 is 2.47 bits per heavy atom. The zero-order valence-corrected chi connectivity index (χ0v) is 11.5. The van der Waals surface area contributed by atoms with Gasteiger partial charge < -0.3 is 10.2 Å². The van der Waals surface area contributed by atoms with E-state index in [9.17, 15) is 0 Å². The van der Waals surface area contributed by atoms with E-state index < -0.39 is 0 Å². The first-order valence-corrected chi connectivity index (χ1v) is 7.58. The molecule has 0 aromatic rings. The van der Waals surface area contributed by atoms with Crippen LogP contribution in [-0.4, -0.2) is 50.1 Å². The minimum atomic E-state index is 1.11. The van der Waals surface area contributed by atoms with Gasteiger partial charge in [0.15, 0.2) is 0 Å². The molecule has 0 radical (unpaired) electrons. The molecule has 2 nitrogen and oxygen atoms in total. The molecule has 0 bridgehead atoms. The smallest absolute Gasteiger partial charge is 0.00692 e. The van der Waals surface area contributed by atoms with Gasteiger partial charge >= 0.3 is 0 Å². The normalized spacial score (nSPS) is 11.2. The van der Waals surface area contributed by atoms with E-state index in [0.29, 0.717) is 0 Å². The van der Waals surface area contributed by atoms with E-state index in [0.717, 1.165) is 6.54 Å². The van der Waals surface area contributed by atoms with Crippen LogP contribution in [0.25, 0.3) is 0 Å². The van der Waals surface area contributed by atoms with Crippen LogP contribution in [0.1, 0.15) is 32.6 Å². The minimum absolute atomic E-state index is 1.11. The Kier molecular flexibility index (Phi) is 12.6. The maximum absolute atomic E-state index is 3.36. The van der Waals surface area contributed by atoms with E-state index in [1.807, 2.05) is 11.8 Å². The molecule has 0 aliphatic carbocycles. The summed E-state index contributed by atoms with van der Waals surface area (Å²) in [5.74, 6) is 1.26. The Balaban J connectivity index is 3.02. The highest BCUT2D eigenvalue weighted by Crippen LogP contribution is 2.01. The Morgan fingerprint density at radius 1 is 1.07 bits per heavy atom. The van der Waals surface area contributed by atoms with Gasteiger partial charge in [0, 0.05) is 12.3 Å². The third-order valence-corrected chi connectivity index (χ3v) is 3.16. The summed E-state index contributed by atoms with van der Waals surface area (Å²) in [6.45, 7) is 6.97. The zero-order valence-electron chi connectivity index (χ0n) is 10.7. The van der Waals surface area contributed by atoms with Gasteiger partial charge in [0.05, 0.1) is 0 Å². The lowest BCUT2D eigenvalue weighted by molar-refractivity contribution is 0.343. The van der Waals surface area contributed by atoms with Gasteiger partial charge in [-0.1, -0.05) is 19.8 Å². The van der Waals surface area contributed by atoms with Crippen LogP contribution in [0, 0.1) is 0 Å². The molecule has 0 rings (SSSR count). The van der Waals surface area contributed by atoms with E-state index in [4.69, 9.17) is 0 Å². The average Bonchev–Trinajstić information content (AvgIpc) is 2.25. The molecule has 0 saturated carbocycles. The largest absolute Gasteiger partial charge is 0.317 e. The monoisotopic (exact) mass is 232 g/mol. The molecule has 0 amide bonds. The molecule has 0 aliphatic rings. The van der Waals surface area contributed by atoms with Crippen molar-refractivity contribution in [3.05, 3.63) is 0 Å². The second kappa shape index (κ2) is 12.3. The summed E-state index contributed by atoms with van der Waals surface area (Å²) >= 11 is 1.93. The number of rotatable bonds is 11. The fraction of sp³-hybridized carbons (Fsp3) is 1.00. The lowest BCUT2D eigenvalue weighted by atomic mass is 10.2. The van der Waals surface area contributed by atoms with E-state index >= 15 is 0 Å². The predicted molar refractivity (Wildman–Crippen MR) is 72.9 cm³/mol. The van der Waals surface area contributed by atoms with Crippen molar-refractivity contribution < 1.29 is 0 Å². The summed E-state index contributed by atoms with van der Waals surface area (Å²) in [5.41, 5.74) is 0. The van der Waals surface area contributed by atoms with Crippen molar-refractivity contribution in [2.24, 2.45) is 0 Å². The Bertz CT molecular complexity index is 120. The average molecular weight is 232 g/mol. The Labute approximate surface area is 100 Å². The number of hydrogen-bond donors (Lipinski definition) is 1. The van der Waals surface area contributed by atoms with Crippen LogP contribution in [0.3, 0.4) is 0 Å². The third-order valence-electron chi connectivity index (χ3n) is 2.57. The van der Waals surface area contributed by atoms with Crippen LogP contribution < -0.4 is 5.32 Å². The molecular weight excluding hydrogens is 204 g/mol. The molecule has 0 aromatic heterocycles. The first kappa shape index (κ1) is 15.3. The van der Waals surface area contributed by atoms with E-state index in [1.54, 1.807) is 0 Å². The molecule has 0 unspecified atom stereocenters. The molecule has 15 heavy (non-hydrogen) atoms. The maximum Gasteiger partial charge on any atom is 0.00692 e. The molecule has 3 heteroatoms. The highest BCUT2D eigenvalue weighted by Gasteiger charge is 1.96. The summed E-state index contributed by atoms with van der Waals surface area (Å²) in [4.78, 5) is 2.45. The molecule has 0 aliphatic heterocycles. The molecule has 92 valence electrons. The third kappa shape index (κ3) is 12.2. The lowest BCUT2D eigenvalue weighted by Gasteiger charge is -2.15. The van der Waals surface area contributed by atoms with Gasteiger partial charge in [-0.25, -0.2) is 0 Å². The molecule has 0 spiro atoms. The van der Waals surface area contributed by atoms with E-state index in [1.165, 1.54) is 51.1 Å². The maximum atomic E-state index is 3.36. The lowest BCUT2D eigenvalue weighted by Crippen LogP contribution is -2.22. The topological polar surface area (TPSA) is 15.3 Å². The Morgan fingerprint density at radius 2 is 1.80 bits per heavy atom. The standard InChI is InChI=1S/C12H28N2S/c1-4-13-9-7-5-6-8-10-14(2)11-12-15-3/h13H,4-12H2,1-3H3. The van der Waals surface area contributed by atoms with E-state index in [-0.39, 0.29) is 0 Å². The van der Waals surface area contributed by atoms with Gasteiger partial charge in [0.2, 0.25) is 0 Å². The fourth-order valence-corrected chi connectivity index (χ4v) is 2.02. The molecule has 0 atom stereocenters. The van der Waals surface area contributed by atoms with E-state index in [2.05, 4.69) is 30.4 Å². The van der Waals surface area contributed by atoms with Crippen LogP contribution in [0.4, 0.5) is 0 Å². The van der Waals surface area contributed by atoms with Gasteiger partial charge in [-0.3, -0.25) is 0 Å². The first-order valence-electron chi connectivity index (χ1n) is 6.19. The zero-order chi connectivity index (χ0) is 11.4. The van der Waals surface area contributed by atoms with Crippen molar-refractivity contribution in [2.75, 3.05) is 45.2 Å². The molecular formula is C12H28N2S. The highest BCUT2D eigenvalue weighted by molar-refractivity contribution is 7.98. The second-order valence-corrected chi connectivity index (χ2v) is 5.05. The van der Waals surface area contributed by atoms with Gasteiger partial charge in [-0.05, 0) is 45.8 Å². The molecule has 0 fully saturated rings. The van der Waals surface area contributed by atoms with Crippen molar-refractivity contribution in [1.29, 1.82) is 0 Å². The number of thioether (sulfide) groups is 1. The quantitative estimate of drug-likeness (QED) is 0.551. The Hall–Kier alpha value is 0.270. The highest BCUT2D eigenvalue weighted by atomic mass is 32.2. The van der Waals surface area contributed by atoms with Gasteiger partial charge in [0.1, 0.15) is 0 Å². The molecule has 1 N–H and O–H groups in total. The summed E-state index contributed by atoms with van der Waals surface area (Å²) < 4.78 is 0. The van der Waals surface area contributed by atoms with Crippen LogP contribution in [-0.2, 0) is 0 Å². The number of unbranched alkanes of at least 4 members (excludes halogenated alkanes) is 3. The number of nitrogens with one attached hydrogen (secondary N) is 1. The molecule has 0 heterocycles. The summed E-state index contributed by atoms with van der Waals surface area (Å²) in [6.07, 6.45) is 7.63. The van der Waals surface area contributed by atoms with Crippen molar-refractivity contribution in [1.82, 2.24) is 10.2 Å². The first-order chi connectivity index (χ1) is 7.31. The minimum Gasteiger partial charge on any atom is -0.317 e. The van der Waals surface area contributed by atoms with Crippen LogP contribution in [0.2, 0.25) is 0 Å². The fourth-order valence-electron chi connectivity index (χ4n) is 1.52. The van der Waals surface area contributed by atoms with Gasteiger partial charge in [-0.15, -0.1) is 0 Å².